The molecule has 1 aromatic heterocycles. The molecule has 0 spiro atoms. The van der Waals surface area contributed by atoms with Crippen molar-refractivity contribution in [2.45, 2.75) is 19.9 Å². The SMILES string of the molecule is COc1ccc2c(c1)c(C(=O)Nc1cc(OC)c(OC)c(OC)c1)cn2C(C)C. The lowest BCUT2D eigenvalue weighted by Crippen LogP contribution is -2.12. The van der Waals surface area contributed by atoms with Crippen molar-refractivity contribution < 1.29 is 23.7 Å². The molecule has 3 aromatic rings. The first kappa shape index (κ1) is 20.4. The van der Waals surface area contributed by atoms with Crippen LogP contribution in [0.5, 0.6) is 23.0 Å². The maximum atomic E-state index is 13.1. The molecule has 1 heterocycles. The molecule has 7 heteroatoms. The topological polar surface area (TPSA) is 71.0 Å². The second kappa shape index (κ2) is 8.34. The van der Waals surface area contributed by atoms with Gasteiger partial charge in [0.2, 0.25) is 5.75 Å². The van der Waals surface area contributed by atoms with Crippen LogP contribution >= 0.6 is 0 Å². The van der Waals surface area contributed by atoms with Crippen molar-refractivity contribution in [3.05, 3.63) is 42.1 Å². The van der Waals surface area contributed by atoms with Gasteiger partial charge in [0.1, 0.15) is 5.75 Å². The Morgan fingerprint density at radius 1 is 0.931 bits per heavy atom. The molecule has 0 saturated heterocycles. The van der Waals surface area contributed by atoms with Crippen LogP contribution in [0.1, 0.15) is 30.2 Å². The Morgan fingerprint density at radius 3 is 2.10 bits per heavy atom. The van der Waals surface area contributed by atoms with E-state index in [0.29, 0.717) is 34.2 Å². The molecule has 29 heavy (non-hydrogen) atoms. The smallest absolute Gasteiger partial charge is 0.257 e. The molecule has 0 aliphatic heterocycles. The summed E-state index contributed by atoms with van der Waals surface area (Å²) in [7, 11) is 6.21. The van der Waals surface area contributed by atoms with E-state index >= 15 is 0 Å². The zero-order valence-corrected chi connectivity index (χ0v) is 17.5. The number of nitrogens with zero attached hydrogens (tertiary/aromatic N) is 1. The van der Waals surface area contributed by atoms with Crippen LogP contribution in [0.15, 0.2) is 36.5 Å². The van der Waals surface area contributed by atoms with Crippen LogP contribution in [0.3, 0.4) is 0 Å². The summed E-state index contributed by atoms with van der Waals surface area (Å²) < 4.78 is 23.5. The predicted octanol–water partition coefficient (Wildman–Crippen LogP) is 4.51. The van der Waals surface area contributed by atoms with E-state index in [-0.39, 0.29) is 11.9 Å². The van der Waals surface area contributed by atoms with Crippen LogP contribution in [-0.2, 0) is 0 Å². The van der Waals surface area contributed by atoms with Crippen molar-refractivity contribution in [1.82, 2.24) is 4.57 Å². The number of carbonyl (C=O) groups is 1. The summed E-state index contributed by atoms with van der Waals surface area (Å²) in [6.07, 6.45) is 1.86. The predicted molar refractivity (Wildman–Crippen MR) is 113 cm³/mol. The van der Waals surface area contributed by atoms with Gasteiger partial charge in [0, 0.05) is 41.0 Å². The van der Waals surface area contributed by atoms with E-state index < -0.39 is 0 Å². The minimum atomic E-state index is -0.239. The summed E-state index contributed by atoms with van der Waals surface area (Å²) in [5, 5.41) is 3.75. The number of nitrogens with one attached hydrogen (secondary N) is 1. The van der Waals surface area contributed by atoms with Gasteiger partial charge in [0.25, 0.3) is 5.91 Å². The quantitative estimate of drug-likeness (QED) is 0.634. The van der Waals surface area contributed by atoms with Crippen LogP contribution in [0.2, 0.25) is 0 Å². The molecular weight excluding hydrogens is 372 g/mol. The number of hydrogen-bond acceptors (Lipinski definition) is 5. The number of fused-ring (bicyclic) bond motifs is 1. The van der Waals surface area contributed by atoms with Crippen molar-refractivity contribution in [2.75, 3.05) is 33.8 Å². The second-order valence-corrected chi connectivity index (χ2v) is 6.80. The molecule has 154 valence electrons. The molecule has 0 aliphatic rings. The number of benzene rings is 2. The number of rotatable bonds is 7. The van der Waals surface area contributed by atoms with Crippen molar-refractivity contribution in [3.8, 4) is 23.0 Å². The molecule has 0 radical (unpaired) electrons. The number of methoxy groups -OCH3 is 4. The minimum absolute atomic E-state index is 0.202. The molecule has 1 N–H and O–H groups in total. The lowest BCUT2D eigenvalue weighted by atomic mass is 10.1. The van der Waals surface area contributed by atoms with E-state index in [1.54, 1.807) is 19.2 Å². The fraction of sp³-hybridized carbons (Fsp3) is 0.318. The third kappa shape index (κ3) is 3.81. The molecule has 0 bridgehead atoms. The number of ether oxygens (including phenoxy) is 4. The van der Waals surface area contributed by atoms with Crippen LogP contribution < -0.4 is 24.3 Å². The van der Waals surface area contributed by atoms with Crippen molar-refractivity contribution >= 4 is 22.5 Å². The highest BCUT2D eigenvalue weighted by molar-refractivity contribution is 6.13. The number of anilines is 1. The maximum absolute atomic E-state index is 13.1. The number of aromatic nitrogens is 1. The van der Waals surface area contributed by atoms with Crippen molar-refractivity contribution in [1.29, 1.82) is 0 Å². The van der Waals surface area contributed by atoms with Gasteiger partial charge < -0.3 is 28.8 Å². The molecule has 0 saturated carbocycles. The first-order valence-electron chi connectivity index (χ1n) is 9.23. The molecule has 0 fully saturated rings. The average molecular weight is 398 g/mol. The Bertz CT molecular complexity index is 1010. The fourth-order valence-corrected chi connectivity index (χ4v) is 3.32. The molecule has 7 nitrogen and oxygen atoms in total. The zero-order valence-electron chi connectivity index (χ0n) is 17.5. The van der Waals surface area contributed by atoms with Gasteiger partial charge >= 0.3 is 0 Å². The first-order valence-corrected chi connectivity index (χ1v) is 9.23. The van der Waals surface area contributed by atoms with Crippen molar-refractivity contribution in [3.63, 3.8) is 0 Å². The summed E-state index contributed by atoms with van der Waals surface area (Å²) in [5.41, 5.74) is 2.06. The van der Waals surface area contributed by atoms with E-state index in [4.69, 9.17) is 18.9 Å². The van der Waals surface area contributed by atoms with E-state index in [9.17, 15) is 4.79 Å². The highest BCUT2D eigenvalue weighted by atomic mass is 16.5. The van der Waals surface area contributed by atoms with E-state index in [0.717, 1.165) is 10.9 Å². The Kier molecular flexibility index (Phi) is 5.87. The summed E-state index contributed by atoms with van der Waals surface area (Å²) in [6, 6.07) is 9.32. The first-order chi connectivity index (χ1) is 13.9. The van der Waals surface area contributed by atoms with Gasteiger partial charge in [-0.05, 0) is 32.0 Å². The van der Waals surface area contributed by atoms with Gasteiger partial charge in [0.05, 0.1) is 34.0 Å². The number of amides is 1. The van der Waals surface area contributed by atoms with E-state index in [1.165, 1.54) is 21.3 Å². The van der Waals surface area contributed by atoms with E-state index in [2.05, 4.69) is 23.7 Å². The standard InChI is InChI=1S/C22H26N2O5/c1-13(2)24-12-17(16-11-15(26-3)7-8-18(16)24)22(25)23-14-9-19(27-4)21(29-6)20(10-14)28-5/h7-13H,1-6H3,(H,23,25). The molecular formula is C22H26N2O5. The maximum Gasteiger partial charge on any atom is 0.257 e. The van der Waals surface area contributed by atoms with Crippen LogP contribution in [0.4, 0.5) is 5.69 Å². The summed E-state index contributed by atoms with van der Waals surface area (Å²) >= 11 is 0. The Labute approximate surface area is 170 Å². The Morgan fingerprint density at radius 2 is 1.59 bits per heavy atom. The lowest BCUT2D eigenvalue weighted by molar-refractivity contribution is 0.102. The number of hydrogen-bond donors (Lipinski definition) is 1. The van der Waals surface area contributed by atoms with Crippen LogP contribution in [-0.4, -0.2) is 38.9 Å². The average Bonchev–Trinajstić information content (AvgIpc) is 3.12. The van der Waals surface area contributed by atoms with Gasteiger partial charge in [0.15, 0.2) is 11.5 Å². The largest absolute Gasteiger partial charge is 0.497 e. The summed E-state index contributed by atoms with van der Waals surface area (Å²) in [5.74, 6) is 1.86. The number of carbonyl (C=O) groups excluding carboxylic acids is 1. The summed E-state index contributed by atoms with van der Waals surface area (Å²) in [4.78, 5) is 13.1. The monoisotopic (exact) mass is 398 g/mol. The van der Waals surface area contributed by atoms with Crippen molar-refractivity contribution in [2.24, 2.45) is 0 Å². The molecule has 0 unspecified atom stereocenters. The highest BCUT2D eigenvalue weighted by Crippen LogP contribution is 2.40. The van der Waals surface area contributed by atoms with Crippen LogP contribution in [0, 0.1) is 0 Å². The minimum Gasteiger partial charge on any atom is -0.497 e. The Hall–Kier alpha value is -3.35. The van der Waals surface area contributed by atoms with E-state index in [1.807, 2.05) is 24.4 Å². The zero-order chi connectivity index (χ0) is 21.1. The molecule has 3 rings (SSSR count). The lowest BCUT2D eigenvalue weighted by Gasteiger charge is -2.14. The van der Waals surface area contributed by atoms with Gasteiger partial charge in [-0.3, -0.25) is 4.79 Å². The summed E-state index contributed by atoms with van der Waals surface area (Å²) in [6.45, 7) is 4.15. The van der Waals surface area contributed by atoms with Gasteiger partial charge in [-0.1, -0.05) is 0 Å². The molecule has 0 atom stereocenters. The highest BCUT2D eigenvalue weighted by Gasteiger charge is 2.19. The Balaban J connectivity index is 2.04. The normalized spacial score (nSPS) is 10.9. The van der Waals surface area contributed by atoms with Gasteiger partial charge in [-0.15, -0.1) is 0 Å². The second-order valence-electron chi connectivity index (χ2n) is 6.80. The third-order valence-corrected chi connectivity index (χ3v) is 4.76. The molecule has 1 amide bonds. The fourth-order valence-electron chi connectivity index (χ4n) is 3.32. The molecule has 2 aromatic carbocycles. The third-order valence-electron chi connectivity index (χ3n) is 4.76. The van der Waals surface area contributed by atoms with Crippen LogP contribution in [0.25, 0.3) is 10.9 Å². The van der Waals surface area contributed by atoms with Gasteiger partial charge in [-0.25, -0.2) is 0 Å². The van der Waals surface area contributed by atoms with Gasteiger partial charge in [-0.2, -0.15) is 0 Å². The molecule has 0 aliphatic carbocycles.